The van der Waals surface area contributed by atoms with Crippen molar-refractivity contribution in [1.29, 1.82) is 0 Å². The zero-order valence-electron chi connectivity index (χ0n) is 18.7. The molecule has 0 atom stereocenters. The number of hydrogen-bond acceptors (Lipinski definition) is 3. The number of aromatic nitrogens is 2. The lowest BCUT2D eigenvalue weighted by atomic mass is 10.1. The van der Waals surface area contributed by atoms with E-state index in [4.69, 9.17) is 11.6 Å². The van der Waals surface area contributed by atoms with Crippen molar-refractivity contribution in [1.82, 2.24) is 15.1 Å². The van der Waals surface area contributed by atoms with E-state index in [9.17, 15) is 9.59 Å². The van der Waals surface area contributed by atoms with Gasteiger partial charge in [-0.05, 0) is 57.0 Å². The number of carbonyl (C=O) groups is 2. The number of halogens is 1. The fourth-order valence-corrected chi connectivity index (χ4v) is 3.52. The molecule has 2 N–H and O–H groups in total. The van der Waals surface area contributed by atoms with Gasteiger partial charge in [0.05, 0.1) is 12.2 Å². The molecule has 7 heteroatoms. The number of nitrogens with one attached hydrogen (secondary N) is 2. The lowest BCUT2D eigenvalue weighted by Crippen LogP contribution is -2.23. The zero-order chi connectivity index (χ0) is 23.3. The molecular weight excluding hydrogens is 424 g/mol. The van der Waals surface area contributed by atoms with Crippen molar-refractivity contribution in [2.24, 2.45) is 0 Å². The van der Waals surface area contributed by atoms with Crippen molar-refractivity contribution in [2.75, 3.05) is 11.9 Å². The number of benzene rings is 2. The normalized spacial score (nSPS) is 11.0. The van der Waals surface area contributed by atoms with Gasteiger partial charge in [0.25, 0.3) is 5.91 Å². The summed E-state index contributed by atoms with van der Waals surface area (Å²) in [6.07, 6.45) is 3.08. The molecular formula is C25H27ClN4O2. The molecule has 1 aromatic heterocycles. The molecule has 0 fully saturated rings. The Morgan fingerprint density at radius 2 is 1.81 bits per heavy atom. The maximum Gasteiger partial charge on any atom is 0.251 e. The molecule has 3 aromatic rings. The number of amides is 2. The summed E-state index contributed by atoms with van der Waals surface area (Å²) < 4.78 is 1.72. The van der Waals surface area contributed by atoms with Gasteiger partial charge in [-0.3, -0.25) is 9.59 Å². The molecule has 0 aliphatic carbocycles. The van der Waals surface area contributed by atoms with Gasteiger partial charge >= 0.3 is 0 Å². The van der Waals surface area contributed by atoms with E-state index in [1.165, 1.54) is 11.6 Å². The van der Waals surface area contributed by atoms with Crippen LogP contribution in [0.3, 0.4) is 0 Å². The summed E-state index contributed by atoms with van der Waals surface area (Å²) in [5.41, 5.74) is 5.66. The Hall–Kier alpha value is -3.38. The minimum absolute atomic E-state index is 0.179. The molecule has 32 heavy (non-hydrogen) atoms. The molecule has 0 aliphatic heterocycles. The first-order valence-corrected chi connectivity index (χ1v) is 10.8. The summed E-state index contributed by atoms with van der Waals surface area (Å²) in [6, 6.07) is 13.4. The number of hydrogen-bond donors (Lipinski definition) is 2. The second kappa shape index (κ2) is 10.3. The van der Waals surface area contributed by atoms with E-state index in [1.807, 2.05) is 52.0 Å². The van der Waals surface area contributed by atoms with Gasteiger partial charge < -0.3 is 10.6 Å². The van der Waals surface area contributed by atoms with Crippen LogP contribution in [0.2, 0.25) is 5.15 Å². The SMILES string of the molecule is CCNC(=O)c1ccc(C)c(NC(=O)/C=C/c2c(C)nn(Cc3ccc(C)cc3)c2Cl)c1. The number of nitrogens with zero attached hydrogens (tertiary/aromatic N) is 2. The maximum absolute atomic E-state index is 12.5. The lowest BCUT2D eigenvalue weighted by Gasteiger charge is -2.09. The maximum atomic E-state index is 12.5. The van der Waals surface area contributed by atoms with Gasteiger partial charge in [0.2, 0.25) is 5.91 Å². The van der Waals surface area contributed by atoms with Crippen molar-refractivity contribution < 1.29 is 9.59 Å². The van der Waals surface area contributed by atoms with Crippen molar-refractivity contribution in [2.45, 2.75) is 34.2 Å². The van der Waals surface area contributed by atoms with Crippen LogP contribution in [0.4, 0.5) is 5.69 Å². The summed E-state index contributed by atoms with van der Waals surface area (Å²) in [6.45, 7) is 8.71. The molecule has 0 saturated carbocycles. The highest BCUT2D eigenvalue weighted by molar-refractivity contribution is 6.31. The van der Waals surface area contributed by atoms with Crippen LogP contribution in [0.1, 0.15) is 45.2 Å². The predicted molar refractivity (Wildman–Crippen MR) is 129 cm³/mol. The molecule has 2 aromatic carbocycles. The molecule has 2 amide bonds. The molecule has 166 valence electrons. The molecule has 0 unspecified atom stereocenters. The van der Waals surface area contributed by atoms with E-state index >= 15 is 0 Å². The summed E-state index contributed by atoms with van der Waals surface area (Å²) >= 11 is 6.54. The fourth-order valence-electron chi connectivity index (χ4n) is 3.22. The minimum atomic E-state index is -0.317. The number of anilines is 1. The van der Waals surface area contributed by atoms with Crippen LogP contribution in [0.5, 0.6) is 0 Å². The van der Waals surface area contributed by atoms with E-state index in [0.29, 0.717) is 35.1 Å². The second-order valence-electron chi connectivity index (χ2n) is 7.64. The molecule has 0 aliphatic rings. The topological polar surface area (TPSA) is 76.0 Å². The molecule has 0 saturated heterocycles. The largest absolute Gasteiger partial charge is 0.352 e. The van der Waals surface area contributed by atoms with Gasteiger partial charge in [-0.1, -0.05) is 47.5 Å². The van der Waals surface area contributed by atoms with Crippen LogP contribution in [-0.2, 0) is 11.3 Å². The van der Waals surface area contributed by atoms with Crippen LogP contribution >= 0.6 is 11.6 Å². The summed E-state index contributed by atoms with van der Waals surface area (Å²) in [4.78, 5) is 24.6. The predicted octanol–water partition coefficient (Wildman–Crippen LogP) is 4.91. The zero-order valence-corrected chi connectivity index (χ0v) is 19.5. The third-order valence-electron chi connectivity index (χ3n) is 5.06. The van der Waals surface area contributed by atoms with Crippen LogP contribution in [0.25, 0.3) is 6.08 Å². The average molecular weight is 451 g/mol. The van der Waals surface area contributed by atoms with E-state index in [0.717, 1.165) is 16.8 Å². The highest BCUT2D eigenvalue weighted by Crippen LogP contribution is 2.23. The van der Waals surface area contributed by atoms with Gasteiger partial charge in [0.15, 0.2) is 0 Å². The quantitative estimate of drug-likeness (QED) is 0.502. The molecule has 0 radical (unpaired) electrons. The Balaban J connectivity index is 1.73. The van der Waals surface area contributed by atoms with Crippen molar-refractivity contribution in [3.63, 3.8) is 0 Å². The van der Waals surface area contributed by atoms with E-state index in [1.54, 1.807) is 29.0 Å². The molecule has 6 nitrogen and oxygen atoms in total. The fraction of sp³-hybridized carbons (Fsp3) is 0.240. The number of carbonyl (C=O) groups excluding carboxylic acids is 2. The van der Waals surface area contributed by atoms with E-state index < -0.39 is 0 Å². The highest BCUT2D eigenvalue weighted by atomic mass is 35.5. The van der Waals surface area contributed by atoms with Crippen LogP contribution < -0.4 is 10.6 Å². The van der Waals surface area contributed by atoms with Gasteiger partial charge in [-0.2, -0.15) is 5.10 Å². The Bertz CT molecular complexity index is 1160. The van der Waals surface area contributed by atoms with Gasteiger partial charge in [-0.15, -0.1) is 0 Å². The minimum Gasteiger partial charge on any atom is -0.352 e. The lowest BCUT2D eigenvalue weighted by molar-refractivity contribution is -0.111. The monoisotopic (exact) mass is 450 g/mol. The van der Waals surface area contributed by atoms with Gasteiger partial charge in [0, 0.05) is 29.4 Å². The summed E-state index contributed by atoms with van der Waals surface area (Å²) in [7, 11) is 0. The van der Waals surface area contributed by atoms with Crippen LogP contribution in [0.15, 0.2) is 48.5 Å². The first kappa shape index (κ1) is 23.3. The van der Waals surface area contributed by atoms with Gasteiger partial charge in [-0.25, -0.2) is 4.68 Å². The van der Waals surface area contributed by atoms with Crippen molar-refractivity contribution >= 4 is 35.2 Å². The third kappa shape index (κ3) is 5.65. The van der Waals surface area contributed by atoms with Crippen molar-refractivity contribution in [3.05, 3.63) is 87.2 Å². The average Bonchev–Trinajstić information content (AvgIpc) is 3.02. The van der Waals surface area contributed by atoms with Crippen molar-refractivity contribution in [3.8, 4) is 0 Å². The molecule has 0 bridgehead atoms. The highest BCUT2D eigenvalue weighted by Gasteiger charge is 2.13. The third-order valence-corrected chi connectivity index (χ3v) is 5.46. The first-order chi connectivity index (χ1) is 15.3. The Kier molecular flexibility index (Phi) is 7.49. The van der Waals surface area contributed by atoms with Gasteiger partial charge in [0.1, 0.15) is 5.15 Å². The summed E-state index contributed by atoms with van der Waals surface area (Å²) in [5.74, 6) is -0.496. The second-order valence-corrected chi connectivity index (χ2v) is 8.00. The van der Waals surface area contributed by atoms with E-state index in [-0.39, 0.29) is 11.8 Å². The van der Waals surface area contributed by atoms with Crippen LogP contribution in [-0.4, -0.2) is 28.1 Å². The standard InChI is InChI=1S/C25H27ClN4O2/c1-5-27-25(32)20-11-8-17(3)22(14-20)28-23(31)13-12-21-18(4)29-30(24(21)26)15-19-9-6-16(2)7-10-19/h6-14H,5,15H2,1-4H3,(H,27,32)(H,28,31)/b13-12+. The molecule has 0 spiro atoms. The Morgan fingerprint density at radius 1 is 1.09 bits per heavy atom. The number of rotatable bonds is 7. The van der Waals surface area contributed by atoms with E-state index in [2.05, 4.69) is 15.7 Å². The Labute approximate surface area is 193 Å². The van der Waals surface area contributed by atoms with Crippen LogP contribution in [0, 0.1) is 20.8 Å². The number of aryl methyl sites for hydroxylation is 3. The Morgan fingerprint density at radius 3 is 2.50 bits per heavy atom. The molecule has 1 heterocycles. The summed E-state index contributed by atoms with van der Waals surface area (Å²) in [5, 5.41) is 10.6. The smallest absolute Gasteiger partial charge is 0.251 e. The molecule has 3 rings (SSSR count). The first-order valence-electron chi connectivity index (χ1n) is 10.4.